The Kier molecular flexibility index (Phi) is 4.51. The van der Waals surface area contributed by atoms with Crippen molar-refractivity contribution in [2.24, 2.45) is 0 Å². The molecular formula is C24H22N6O. The van der Waals surface area contributed by atoms with E-state index in [0.717, 1.165) is 38.8 Å². The Hall–Kier alpha value is -4.00. The first-order valence-corrected chi connectivity index (χ1v) is 10.2. The molecule has 31 heavy (non-hydrogen) atoms. The maximum Gasteiger partial charge on any atom is 0.263 e. The molecule has 3 heterocycles. The number of nitrogens with one attached hydrogen (secondary N) is 2. The van der Waals surface area contributed by atoms with Crippen molar-refractivity contribution in [3.63, 3.8) is 0 Å². The summed E-state index contributed by atoms with van der Waals surface area (Å²) in [6.45, 7) is 6.02. The van der Waals surface area contributed by atoms with Crippen molar-refractivity contribution in [3.05, 3.63) is 88.4 Å². The van der Waals surface area contributed by atoms with Crippen LogP contribution in [0, 0.1) is 13.8 Å². The Morgan fingerprint density at radius 3 is 2.65 bits per heavy atom. The Morgan fingerprint density at radius 2 is 1.81 bits per heavy atom. The highest BCUT2D eigenvalue weighted by atomic mass is 16.1. The molecule has 7 heteroatoms. The fourth-order valence-corrected chi connectivity index (χ4v) is 4.09. The number of pyridine rings is 1. The van der Waals surface area contributed by atoms with Gasteiger partial charge in [-0.1, -0.05) is 36.4 Å². The van der Waals surface area contributed by atoms with E-state index in [2.05, 4.69) is 31.3 Å². The molecule has 1 atom stereocenters. The summed E-state index contributed by atoms with van der Waals surface area (Å²) in [6, 6.07) is 15.8. The maximum absolute atomic E-state index is 13.7. The molecule has 0 amide bonds. The third kappa shape index (κ3) is 3.15. The van der Waals surface area contributed by atoms with Crippen LogP contribution in [0.15, 0.2) is 66.0 Å². The lowest BCUT2D eigenvalue weighted by Gasteiger charge is -2.22. The van der Waals surface area contributed by atoms with Gasteiger partial charge in [0, 0.05) is 5.69 Å². The minimum Gasteiger partial charge on any atom is -0.360 e. The molecule has 0 aliphatic rings. The molecule has 5 rings (SSSR count). The summed E-state index contributed by atoms with van der Waals surface area (Å²) in [4.78, 5) is 29.6. The Morgan fingerprint density at radius 1 is 1.00 bits per heavy atom. The number of hydrogen-bond donors (Lipinski definition) is 2. The summed E-state index contributed by atoms with van der Waals surface area (Å²) in [6.07, 6.45) is 3.08. The van der Waals surface area contributed by atoms with Crippen molar-refractivity contribution in [2.45, 2.75) is 26.8 Å². The predicted octanol–water partition coefficient (Wildman–Crippen LogP) is 4.45. The van der Waals surface area contributed by atoms with E-state index in [1.165, 1.54) is 6.33 Å². The highest BCUT2D eigenvalue weighted by molar-refractivity contribution is 5.86. The molecule has 5 aromatic rings. The molecule has 0 bridgehead atoms. The number of H-pyrrole nitrogens is 1. The van der Waals surface area contributed by atoms with Gasteiger partial charge in [0.1, 0.15) is 11.8 Å². The van der Waals surface area contributed by atoms with Crippen molar-refractivity contribution in [2.75, 3.05) is 5.32 Å². The zero-order valence-electron chi connectivity index (χ0n) is 17.5. The fraction of sp³-hybridized carbons (Fsp3) is 0.167. The third-order valence-electron chi connectivity index (χ3n) is 5.66. The lowest BCUT2D eigenvalue weighted by Crippen LogP contribution is -2.26. The van der Waals surface area contributed by atoms with Gasteiger partial charge in [0.05, 0.1) is 23.4 Å². The monoisotopic (exact) mass is 410 g/mol. The summed E-state index contributed by atoms with van der Waals surface area (Å²) in [7, 11) is 0. The molecule has 0 fully saturated rings. The molecule has 0 unspecified atom stereocenters. The van der Waals surface area contributed by atoms with Gasteiger partial charge in [0.15, 0.2) is 11.5 Å². The molecule has 2 N–H and O–H groups in total. The second kappa shape index (κ2) is 7.36. The topological polar surface area (TPSA) is 88.5 Å². The minimum absolute atomic E-state index is 0.0251. The lowest BCUT2D eigenvalue weighted by atomic mass is 10.0. The van der Waals surface area contributed by atoms with Crippen LogP contribution in [0.25, 0.3) is 27.6 Å². The summed E-state index contributed by atoms with van der Waals surface area (Å²) >= 11 is 0. The van der Waals surface area contributed by atoms with Gasteiger partial charge in [-0.3, -0.25) is 9.36 Å². The molecular weight excluding hydrogens is 388 g/mol. The highest BCUT2D eigenvalue weighted by Gasteiger charge is 2.19. The van der Waals surface area contributed by atoms with Crippen LogP contribution in [0.3, 0.4) is 0 Å². The van der Waals surface area contributed by atoms with Gasteiger partial charge in [0.2, 0.25) is 0 Å². The van der Waals surface area contributed by atoms with Gasteiger partial charge in [-0.25, -0.2) is 15.0 Å². The number of hydrogen-bond acceptors (Lipinski definition) is 5. The zero-order valence-corrected chi connectivity index (χ0v) is 17.5. The quantitative estimate of drug-likeness (QED) is 0.457. The van der Waals surface area contributed by atoms with Crippen LogP contribution < -0.4 is 10.9 Å². The Bertz CT molecular complexity index is 1480. The second-order valence-electron chi connectivity index (χ2n) is 7.72. The smallest absolute Gasteiger partial charge is 0.263 e. The van der Waals surface area contributed by atoms with Crippen LogP contribution in [0.2, 0.25) is 0 Å². The van der Waals surface area contributed by atoms with Crippen LogP contribution in [0.5, 0.6) is 0 Å². The Balaban J connectivity index is 1.74. The van der Waals surface area contributed by atoms with E-state index in [-0.39, 0.29) is 11.6 Å². The van der Waals surface area contributed by atoms with E-state index >= 15 is 0 Å². The number of aromatic nitrogens is 5. The number of para-hydroxylation sites is 1. The van der Waals surface area contributed by atoms with Gasteiger partial charge in [-0.15, -0.1) is 0 Å². The first-order chi connectivity index (χ1) is 15.0. The summed E-state index contributed by atoms with van der Waals surface area (Å²) in [5, 5.41) is 5.10. The zero-order chi connectivity index (χ0) is 21.5. The molecule has 0 aliphatic heterocycles. The van der Waals surface area contributed by atoms with Crippen LogP contribution in [-0.2, 0) is 0 Å². The van der Waals surface area contributed by atoms with Gasteiger partial charge in [-0.05, 0) is 49.4 Å². The van der Waals surface area contributed by atoms with Gasteiger partial charge < -0.3 is 10.3 Å². The van der Waals surface area contributed by atoms with Crippen molar-refractivity contribution >= 4 is 27.8 Å². The molecule has 0 radical (unpaired) electrons. The fourth-order valence-electron chi connectivity index (χ4n) is 4.09. The van der Waals surface area contributed by atoms with E-state index in [1.54, 1.807) is 6.33 Å². The molecule has 2 aromatic carbocycles. The molecule has 154 valence electrons. The van der Waals surface area contributed by atoms with Crippen LogP contribution >= 0.6 is 0 Å². The number of imidazole rings is 1. The van der Waals surface area contributed by atoms with Crippen LogP contribution in [0.1, 0.15) is 29.8 Å². The highest BCUT2D eigenvalue weighted by Crippen LogP contribution is 2.27. The van der Waals surface area contributed by atoms with Gasteiger partial charge in [-0.2, -0.15) is 0 Å². The molecule has 0 saturated carbocycles. The van der Waals surface area contributed by atoms with E-state index in [9.17, 15) is 4.79 Å². The number of aryl methyl sites for hydroxylation is 2. The third-order valence-corrected chi connectivity index (χ3v) is 5.66. The average molecular weight is 410 g/mol. The number of nitrogens with zero attached hydrogens (tertiary/aromatic N) is 4. The summed E-state index contributed by atoms with van der Waals surface area (Å²) in [5.74, 6) is 0.642. The van der Waals surface area contributed by atoms with Crippen molar-refractivity contribution in [1.82, 2.24) is 24.5 Å². The minimum atomic E-state index is -0.210. The molecule has 0 spiro atoms. The number of aromatic amines is 1. The lowest BCUT2D eigenvalue weighted by molar-refractivity contribution is 0.771. The van der Waals surface area contributed by atoms with E-state index < -0.39 is 0 Å². The average Bonchev–Trinajstić information content (AvgIpc) is 3.24. The summed E-state index contributed by atoms with van der Waals surface area (Å²) < 4.78 is 1.81. The van der Waals surface area contributed by atoms with Crippen molar-refractivity contribution < 1.29 is 0 Å². The molecule has 3 aromatic heterocycles. The van der Waals surface area contributed by atoms with E-state index in [0.29, 0.717) is 11.5 Å². The van der Waals surface area contributed by atoms with Crippen LogP contribution in [-0.4, -0.2) is 24.5 Å². The SMILES string of the molecule is Cc1ccccc1-n1c([C@@H](C)Nc2ncnc3nc[nH]c23)cc2cccc(C)c2c1=O. The number of rotatable bonds is 4. The maximum atomic E-state index is 13.7. The molecule has 7 nitrogen and oxygen atoms in total. The number of benzene rings is 2. The van der Waals surface area contributed by atoms with Crippen molar-refractivity contribution in [3.8, 4) is 5.69 Å². The first kappa shape index (κ1) is 19.0. The van der Waals surface area contributed by atoms with Gasteiger partial charge >= 0.3 is 0 Å². The summed E-state index contributed by atoms with van der Waals surface area (Å²) in [5.41, 5.74) is 5.02. The first-order valence-electron chi connectivity index (χ1n) is 10.2. The largest absolute Gasteiger partial charge is 0.360 e. The van der Waals surface area contributed by atoms with Gasteiger partial charge in [0.25, 0.3) is 5.56 Å². The Labute approximate surface area is 178 Å². The van der Waals surface area contributed by atoms with Crippen LogP contribution in [0.4, 0.5) is 5.82 Å². The second-order valence-corrected chi connectivity index (χ2v) is 7.72. The molecule has 0 aliphatic carbocycles. The number of anilines is 1. The van der Waals surface area contributed by atoms with E-state index in [1.807, 2.05) is 67.8 Å². The number of fused-ring (bicyclic) bond motifs is 2. The normalized spacial score (nSPS) is 12.4. The van der Waals surface area contributed by atoms with E-state index in [4.69, 9.17) is 0 Å². The molecule has 0 saturated heterocycles. The van der Waals surface area contributed by atoms with Crippen molar-refractivity contribution in [1.29, 1.82) is 0 Å². The predicted molar refractivity (Wildman–Crippen MR) is 123 cm³/mol. The standard InChI is InChI=1S/C24H22N6O/c1-14-7-4-5-10-18(14)30-19(11-17-9-6-8-15(2)20(17)24(30)31)16(3)29-23-21-22(26-12-25-21)27-13-28-23/h4-13,16H,1-3H3,(H2,25,26,27,28,29)/t16-/m1/s1.